The van der Waals surface area contributed by atoms with Crippen molar-refractivity contribution < 1.29 is 14.1 Å². The largest absolute Gasteiger partial charge is 0.497 e. The number of urea groups is 1. The van der Waals surface area contributed by atoms with Crippen LogP contribution in [0.25, 0.3) is 17.0 Å². The number of nitrogens with one attached hydrogen (secondary N) is 1. The third-order valence-corrected chi connectivity index (χ3v) is 5.55. The van der Waals surface area contributed by atoms with Gasteiger partial charge in [0.2, 0.25) is 5.82 Å². The quantitative estimate of drug-likeness (QED) is 0.530. The Balaban J connectivity index is 1.83. The molecule has 0 aliphatic carbocycles. The van der Waals surface area contributed by atoms with Gasteiger partial charge in [-0.15, -0.1) is 0 Å². The van der Waals surface area contributed by atoms with Gasteiger partial charge in [0.05, 0.1) is 18.7 Å². The molecule has 2 amide bonds. The highest BCUT2D eigenvalue weighted by Crippen LogP contribution is 2.38. The summed E-state index contributed by atoms with van der Waals surface area (Å²) >= 11 is 6.13. The molecule has 0 bridgehead atoms. The lowest BCUT2D eigenvalue weighted by molar-refractivity contribution is 0.199. The molecular weight excluding hydrogens is 428 g/mol. The van der Waals surface area contributed by atoms with Crippen LogP contribution < -0.4 is 10.1 Å². The van der Waals surface area contributed by atoms with Gasteiger partial charge in [0.25, 0.3) is 5.89 Å². The Morgan fingerprint density at radius 2 is 2.00 bits per heavy atom. The molecule has 0 saturated carbocycles. The minimum Gasteiger partial charge on any atom is -0.497 e. The van der Waals surface area contributed by atoms with E-state index < -0.39 is 6.04 Å². The number of carbonyl (C=O) groups is 1. The first-order chi connectivity index (χ1) is 15.4. The van der Waals surface area contributed by atoms with Crippen LogP contribution in [0.4, 0.5) is 4.79 Å². The normalized spacial score (nSPS) is 16.5. The molecule has 7 nitrogen and oxygen atoms in total. The molecule has 0 fully saturated rings. The standard InChI is InChI=1S/C24H25ClN4O3/c1-14(2)13-29-15(3)20(21(26-24(29)30)16-7-6-10-19(12-16)31-4)23-27-22(28-32-23)17-8-5-9-18(25)11-17/h5-12,14,21H,13H2,1-4H3,(H,26,30). The van der Waals surface area contributed by atoms with Crippen LogP contribution in [0.5, 0.6) is 5.75 Å². The fraction of sp³-hybridized carbons (Fsp3) is 0.292. The highest BCUT2D eigenvalue weighted by atomic mass is 35.5. The zero-order chi connectivity index (χ0) is 22.8. The van der Waals surface area contributed by atoms with E-state index in [0.717, 1.165) is 22.4 Å². The molecule has 8 heteroatoms. The van der Waals surface area contributed by atoms with E-state index in [2.05, 4.69) is 29.3 Å². The number of rotatable bonds is 6. The van der Waals surface area contributed by atoms with Crippen molar-refractivity contribution in [3.05, 3.63) is 70.7 Å². The number of carbonyl (C=O) groups excluding carboxylic acids is 1. The highest BCUT2D eigenvalue weighted by Gasteiger charge is 2.36. The van der Waals surface area contributed by atoms with Gasteiger partial charge in [0, 0.05) is 22.8 Å². The molecule has 0 spiro atoms. The number of methoxy groups -OCH3 is 1. The van der Waals surface area contributed by atoms with Crippen molar-refractivity contribution in [3.8, 4) is 17.1 Å². The van der Waals surface area contributed by atoms with Crippen LogP contribution in [-0.2, 0) is 0 Å². The Hall–Kier alpha value is -3.32. The Bertz CT molecular complexity index is 1170. The molecule has 0 radical (unpaired) electrons. The summed E-state index contributed by atoms with van der Waals surface area (Å²) < 4.78 is 11.1. The molecule has 0 saturated heterocycles. The van der Waals surface area contributed by atoms with Crippen molar-refractivity contribution in [3.63, 3.8) is 0 Å². The van der Waals surface area contributed by atoms with Crippen LogP contribution in [0.3, 0.4) is 0 Å². The summed E-state index contributed by atoms with van der Waals surface area (Å²) in [6.45, 7) is 6.62. The van der Waals surface area contributed by atoms with E-state index >= 15 is 0 Å². The first kappa shape index (κ1) is 21.9. The molecular formula is C24H25ClN4O3. The van der Waals surface area contributed by atoms with Crippen molar-refractivity contribution in [2.45, 2.75) is 26.8 Å². The molecule has 2 heterocycles. The molecule has 1 atom stereocenters. The van der Waals surface area contributed by atoms with Crippen LogP contribution in [0.2, 0.25) is 5.02 Å². The third kappa shape index (κ3) is 4.34. The maximum Gasteiger partial charge on any atom is 0.322 e. The van der Waals surface area contributed by atoms with E-state index in [-0.39, 0.29) is 11.9 Å². The number of nitrogens with zero attached hydrogens (tertiary/aromatic N) is 3. The summed E-state index contributed by atoms with van der Waals surface area (Å²) in [4.78, 5) is 19.4. The minimum absolute atomic E-state index is 0.164. The number of allylic oxidation sites excluding steroid dienone is 1. The predicted octanol–water partition coefficient (Wildman–Crippen LogP) is 5.55. The van der Waals surface area contributed by atoms with E-state index in [4.69, 9.17) is 20.9 Å². The van der Waals surface area contributed by atoms with Gasteiger partial charge in [0.15, 0.2) is 0 Å². The van der Waals surface area contributed by atoms with Gasteiger partial charge in [-0.3, -0.25) is 4.90 Å². The minimum atomic E-state index is -0.464. The van der Waals surface area contributed by atoms with E-state index in [9.17, 15) is 4.79 Å². The fourth-order valence-corrected chi connectivity index (χ4v) is 3.98. The monoisotopic (exact) mass is 452 g/mol. The summed E-state index contributed by atoms with van der Waals surface area (Å²) in [5, 5.41) is 7.86. The SMILES string of the molecule is COc1cccc(C2NC(=O)N(CC(C)C)C(C)=C2c2nc(-c3cccc(Cl)c3)no2)c1. The van der Waals surface area contributed by atoms with Crippen molar-refractivity contribution in [1.29, 1.82) is 0 Å². The van der Waals surface area contributed by atoms with Gasteiger partial charge in [-0.05, 0) is 42.7 Å². The van der Waals surface area contributed by atoms with Crippen molar-refractivity contribution >= 4 is 23.2 Å². The van der Waals surface area contributed by atoms with E-state index in [1.54, 1.807) is 24.1 Å². The number of hydrogen-bond donors (Lipinski definition) is 1. The molecule has 166 valence electrons. The molecule has 2 aromatic carbocycles. The lowest BCUT2D eigenvalue weighted by Gasteiger charge is -2.36. The molecule has 1 N–H and O–H groups in total. The van der Waals surface area contributed by atoms with Gasteiger partial charge in [-0.2, -0.15) is 4.98 Å². The molecule has 1 aliphatic rings. The average Bonchev–Trinajstić information content (AvgIpc) is 3.26. The van der Waals surface area contributed by atoms with E-state index in [0.29, 0.717) is 29.0 Å². The second-order valence-corrected chi connectivity index (χ2v) is 8.53. The number of amides is 2. The molecule has 4 rings (SSSR count). The van der Waals surface area contributed by atoms with Gasteiger partial charge in [-0.1, -0.05) is 54.9 Å². The Kier molecular flexibility index (Phi) is 6.19. The third-order valence-electron chi connectivity index (χ3n) is 5.31. The molecule has 32 heavy (non-hydrogen) atoms. The van der Waals surface area contributed by atoms with Crippen molar-refractivity contribution in [2.24, 2.45) is 5.92 Å². The molecule has 1 aromatic heterocycles. The van der Waals surface area contributed by atoms with Crippen LogP contribution in [0.1, 0.15) is 38.3 Å². The number of ether oxygens (including phenoxy) is 1. The maximum atomic E-state index is 13.0. The lowest BCUT2D eigenvalue weighted by Crippen LogP contribution is -2.47. The highest BCUT2D eigenvalue weighted by molar-refractivity contribution is 6.30. The second-order valence-electron chi connectivity index (χ2n) is 8.10. The molecule has 1 unspecified atom stereocenters. The van der Waals surface area contributed by atoms with Gasteiger partial charge in [0.1, 0.15) is 5.75 Å². The lowest BCUT2D eigenvalue weighted by atomic mass is 9.94. The summed E-state index contributed by atoms with van der Waals surface area (Å²) in [5.41, 5.74) is 3.14. The van der Waals surface area contributed by atoms with E-state index in [1.165, 1.54) is 0 Å². The average molecular weight is 453 g/mol. The van der Waals surface area contributed by atoms with E-state index in [1.807, 2.05) is 43.3 Å². The second kappa shape index (κ2) is 9.04. The van der Waals surface area contributed by atoms with Crippen LogP contribution in [0, 0.1) is 5.92 Å². The van der Waals surface area contributed by atoms with Crippen LogP contribution in [0.15, 0.2) is 58.8 Å². The fourth-order valence-electron chi connectivity index (χ4n) is 3.79. The van der Waals surface area contributed by atoms with Crippen molar-refractivity contribution in [1.82, 2.24) is 20.4 Å². The number of hydrogen-bond acceptors (Lipinski definition) is 5. The van der Waals surface area contributed by atoms with Crippen molar-refractivity contribution in [2.75, 3.05) is 13.7 Å². The first-order valence-corrected chi connectivity index (χ1v) is 10.8. The summed E-state index contributed by atoms with van der Waals surface area (Å²) in [6.07, 6.45) is 0. The smallest absolute Gasteiger partial charge is 0.322 e. The first-order valence-electron chi connectivity index (χ1n) is 10.4. The number of halogens is 1. The summed E-state index contributed by atoms with van der Waals surface area (Å²) in [7, 11) is 1.61. The van der Waals surface area contributed by atoms with Gasteiger partial charge >= 0.3 is 6.03 Å². The zero-order valence-corrected chi connectivity index (χ0v) is 19.2. The predicted molar refractivity (Wildman–Crippen MR) is 123 cm³/mol. The van der Waals surface area contributed by atoms with Crippen LogP contribution >= 0.6 is 11.6 Å². The maximum absolute atomic E-state index is 13.0. The molecule has 1 aliphatic heterocycles. The number of aromatic nitrogens is 2. The Morgan fingerprint density at radius 1 is 1.22 bits per heavy atom. The topological polar surface area (TPSA) is 80.5 Å². The Labute approximate surface area is 192 Å². The van der Waals surface area contributed by atoms with Gasteiger partial charge in [-0.25, -0.2) is 4.79 Å². The van der Waals surface area contributed by atoms with Crippen LogP contribution in [-0.4, -0.2) is 34.7 Å². The zero-order valence-electron chi connectivity index (χ0n) is 18.4. The summed E-state index contributed by atoms with van der Waals surface area (Å²) in [5.74, 6) is 1.76. The number of benzene rings is 2. The van der Waals surface area contributed by atoms with Gasteiger partial charge < -0.3 is 14.6 Å². The Morgan fingerprint density at radius 3 is 2.72 bits per heavy atom. The molecule has 3 aromatic rings. The summed E-state index contributed by atoms with van der Waals surface area (Å²) in [6, 6.07) is 14.2.